The monoisotopic (exact) mass is 172 g/mol. The topological polar surface area (TPSA) is 66.6 Å². The lowest BCUT2D eigenvalue weighted by atomic mass is 10.1. The molecule has 0 rings (SSSR count). The van der Waals surface area contributed by atoms with Crippen LogP contribution >= 0.6 is 0 Å². The van der Waals surface area contributed by atoms with E-state index in [2.05, 4.69) is 0 Å². The van der Waals surface area contributed by atoms with Gasteiger partial charge in [0.05, 0.1) is 6.10 Å². The molecule has 70 valence electrons. The minimum atomic E-state index is -0.538. The van der Waals surface area contributed by atoms with Crippen LogP contribution in [0.1, 0.15) is 13.3 Å². The number of nitrogens with two attached hydrogens (primary N) is 1. The zero-order valence-electron chi connectivity index (χ0n) is 7.74. The summed E-state index contributed by atoms with van der Waals surface area (Å²) in [5, 5.41) is 9.02. The second kappa shape index (κ2) is 4.77. The number of rotatable bonds is 4. The standard InChI is InChI=1S/C8H16N2O2/c1-6(11)4-7(8(9)12)5-10(2)3/h5-6,11H,4H2,1-3H3,(H2,9,12). The Balaban J connectivity index is 4.34. The van der Waals surface area contributed by atoms with Crippen LogP contribution in [-0.4, -0.2) is 36.1 Å². The third-order valence-corrected chi connectivity index (χ3v) is 1.25. The van der Waals surface area contributed by atoms with Crippen molar-refractivity contribution in [3.05, 3.63) is 11.8 Å². The molecule has 1 amide bonds. The molecular weight excluding hydrogens is 156 g/mol. The summed E-state index contributed by atoms with van der Waals surface area (Å²) in [6, 6.07) is 0. The predicted octanol–water partition coefficient (Wildman–Crippen LogP) is -0.312. The van der Waals surface area contributed by atoms with E-state index in [9.17, 15) is 4.79 Å². The van der Waals surface area contributed by atoms with Crippen molar-refractivity contribution in [3.8, 4) is 0 Å². The first kappa shape index (κ1) is 11.0. The van der Waals surface area contributed by atoms with Crippen molar-refractivity contribution in [1.82, 2.24) is 4.90 Å². The summed E-state index contributed by atoms with van der Waals surface area (Å²) >= 11 is 0. The number of hydrogen-bond acceptors (Lipinski definition) is 3. The highest BCUT2D eigenvalue weighted by Gasteiger charge is 2.08. The normalized spacial score (nSPS) is 14.2. The van der Waals surface area contributed by atoms with E-state index in [-0.39, 0.29) is 0 Å². The Morgan fingerprint density at radius 1 is 1.67 bits per heavy atom. The Hall–Kier alpha value is -1.03. The van der Waals surface area contributed by atoms with Crippen LogP contribution in [-0.2, 0) is 4.79 Å². The van der Waals surface area contributed by atoms with Crippen LogP contribution < -0.4 is 5.73 Å². The summed E-state index contributed by atoms with van der Waals surface area (Å²) in [5.74, 6) is -0.482. The van der Waals surface area contributed by atoms with Gasteiger partial charge in [0.2, 0.25) is 5.91 Å². The zero-order chi connectivity index (χ0) is 9.72. The van der Waals surface area contributed by atoms with Crippen LogP contribution in [0.3, 0.4) is 0 Å². The van der Waals surface area contributed by atoms with Crippen LogP contribution in [0.4, 0.5) is 0 Å². The van der Waals surface area contributed by atoms with Gasteiger partial charge in [-0.2, -0.15) is 0 Å². The molecule has 0 fully saturated rings. The van der Waals surface area contributed by atoms with E-state index >= 15 is 0 Å². The van der Waals surface area contributed by atoms with Gasteiger partial charge in [-0.25, -0.2) is 0 Å². The zero-order valence-corrected chi connectivity index (χ0v) is 7.74. The fourth-order valence-electron chi connectivity index (χ4n) is 0.847. The van der Waals surface area contributed by atoms with Crippen molar-refractivity contribution < 1.29 is 9.90 Å². The van der Waals surface area contributed by atoms with Gasteiger partial charge in [0, 0.05) is 32.3 Å². The lowest BCUT2D eigenvalue weighted by Gasteiger charge is -2.10. The summed E-state index contributed by atoms with van der Waals surface area (Å²) in [7, 11) is 3.59. The van der Waals surface area contributed by atoms with Crippen LogP contribution in [0, 0.1) is 0 Å². The first-order valence-corrected chi connectivity index (χ1v) is 3.78. The van der Waals surface area contributed by atoms with Crippen molar-refractivity contribution in [3.63, 3.8) is 0 Å². The van der Waals surface area contributed by atoms with Gasteiger partial charge in [-0.15, -0.1) is 0 Å². The third-order valence-electron chi connectivity index (χ3n) is 1.25. The van der Waals surface area contributed by atoms with E-state index in [0.29, 0.717) is 12.0 Å². The van der Waals surface area contributed by atoms with E-state index in [1.807, 2.05) is 0 Å². The summed E-state index contributed by atoms with van der Waals surface area (Å²) in [5.41, 5.74) is 5.53. The average Bonchev–Trinajstić information content (AvgIpc) is 1.83. The molecule has 12 heavy (non-hydrogen) atoms. The van der Waals surface area contributed by atoms with Crippen LogP contribution in [0.15, 0.2) is 11.8 Å². The molecule has 0 heterocycles. The molecule has 0 bridgehead atoms. The number of amides is 1. The van der Waals surface area contributed by atoms with E-state index in [1.54, 1.807) is 32.1 Å². The molecule has 0 spiro atoms. The molecule has 0 aliphatic carbocycles. The number of hydrogen-bond donors (Lipinski definition) is 2. The first-order valence-electron chi connectivity index (χ1n) is 3.78. The highest BCUT2D eigenvalue weighted by atomic mass is 16.3. The molecule has 4 nitrogen and oxygen atoms in total. The number of aliphatic hydroxyl groups is 1. The Kier molecular flexibility index (Phi) is 4.36. The van der Waals surface area contributed by atoms with Crippen molar-refractivity contribution in [2.75, 3.05) is 14.1 Å². The largest absolute Gasteiger partial charge is 0.393 e. The summed E-state index contributed by atoms with van der Waals surface area (Å²) in [6.07, 6.45) is 1.38. The van der Waals surface area contributed by atoms with E-state index in [1.165, 1.54) is 0 Å². The van der Waals surface area contributed by atoms with Gasteiger partial charge in [0.1, 0.15) is 0 Å². The van der Waals surface area contributed by atoms with Crippen LogP contribution in [0.5, 0.6) is 0 Å². The van der Waals surface area contributed by atoms with E-state index in [0.717, 1.165) is 0 Å². The Morgan fingerprint density at radius 2 is 2.17 bits per heavy atom. The number of primary amides is 1. The maximum absolute atomic E-state index is 10.8. The van der Waals surface area contributed by atoms with Crippen molar-refractivity contribution >= 4 is 5.91 Å². The quantitative estimate of drug-likeness (QED) is 0.571. The number of aliphatic hydroxyl groups excluding tert-OH is 1. The van der Waals surface area contributed by atoms with Gasteiger partial charge in [-0.3, -0.25) is 4.79 Å². The molecule has 0 saturated carbocycles. The minimum Gasteiger partial charge on any atom is -0.393 e. The summed E-state index contributed by atoms with van der Waals surface area (Å²) < 4.78 is 0. The van der Waals surface area contributed by atoms with Gasteiger partial charge in [0.15, 0.2) is 0 Å². The fraction of sp³-hybridized carbons (Fsp3) is 0.625. The Labute approximate surface area is 72.7 Å². The van der Waals surface area contributed by atoms with Crippen LogP contribution in [0.25, 0.3) is 0 Å². The van der Waals surface area contributed by atoms with Crippen molar-refractivity contribution in [2.45, 2.75) is 19.4 Å². The van der Waals surface area contributed by atoms with Gasteiger partial charge in [0.25, 0.3) is 0 Å². The summed E-state index contributed by atoms with van der Waals surface area (Å²) in [6.45, 7) is 1.62. The molecule has 1 atom stereocenters. The molecule has 4 heteroatoms. The molecule has 0 aliphatic rings. The van der Waals surface area contributed by atoms with E-state index < -0.39 is 12.0 Å². The fourth-order valence-corrected chi connectivity index (χ4v) is 0.847. The first-order chi connectivity index (χ1) is 5.43. The Bertz CT molecular complexity index is 185. The predicted molar refractivity (Wildman–Crippen MR) is 47.3 cm³/mol. The van der Waals surface area contributed by atoms with Gasteiger partial charge >= 0.3 is 0 Å². The molecule has 0 aromatic heterocycles. The van der Waals surface area contributed by atoms with Gasteiger partial charge in [-0.1, -0.05) is 0 Å². The highest BCUT2D eigenvalue weighted by molar-refractivity contribution is 5.91. The van der Waals surface area contributed by atoms with Crippen molar-refractivity contribution in [2.24, 2.45) is 5.73 Å². The molecule has 3 N–H and O–H groups in total. The number of nitrogens with zero attached hydrogens (tertiary/aromatic N) is 1. The molecule has 0 aliphatic heterocycles. The maximum Gasteiger partial charge on any atom is 0.246 e. The van der Waals surface area contributed by atoms with Crippen LogP contribution in [0.2, 0.25) is 0 Å². The Morgan fingerprint density at radius 3 is 2.42 bits per heavy atom. The van der Waals surface area contributed by atoms with Gasteiger partial charge < -0.3 is 15.7 Å². The third kappa shape index (κ3) is 4.73. The smallest absolute Gasteiger partial charge is 0.246 e. The number of carbonyl (C=O) groups excluding carboxylic acids is 1. The average molecular weight is 172 g/mol. The molecular formula is C8H16N2O2. The molecule has 0 aromatic carbocycles. The lowest BCUT2D eigenvalue weighted by Crippen LogP contribution is -2.20. The maximum atomic E-state index is 10.8. The molecule has 0 saturated heterocycles. The SMILES string of the molecule is CC(O)CC(=CN(C)C)C(N)=O. The lowest BCUT2D eigenvalue weighted by molar-refractivity contribution is -0.115. The second-order valence-corrected chi connectivity index (χ2v) is 3.04. The summed E-state index contributed by atoms with van der Waals surface area (Å²) in [4.78, 5) is 12.5. The molecule has 1 unspecified atom stereocenters. The van der Waals surface area contributed by atoms with Crippen molar-refractivity contribution in [1.29, 1.82) is 0 Å². The van der Waals surface area contributed by atoms with E-state index in [4.69, 9.17) is 10.8 Å². The molecule has 0 aromatic rings. The van der Waals surface area contributed by atoms with Gasteiger partial charge in [-0.05, 0) is 6.92 Å². The highest BCUT2D eigenvalue weighted by Crippen LogP contribution is 2.04. The molecule has 0 radical (unpaired) electrons. The second-order valence-electron chi connectivity index (χ2n) is 3.04. The minimum absolute atomic E-state index is 0.299. The number of carbonyl (C=O) groups is 1.